The van der Waals surface area contributed by atoms with E-state index in [4.69, 9.17) is 0 Å². The lowest BCUT2D eigenvalue weighted by Crippen LogP contribution is -2.07. The molecule has 0 aliphatic heterocycles. The number of aryl methyl sites for hydroxylation is 1. The van der Waals surface area contributed by atoms with Gasteiger partial charge in [-0.25, -0.2) is 15.0 Å². The molecule has 0 aliphatic carbocycles. The van der Waals surface area contributed by atoms with Gasteiger partial charge in [-0.2, -0.15) is 0 Å². The average molecular weight is 338 g/mol. The summed E-state index contributed by atoms with van der Waals surface area (Å²) >= 11 is 1.66. The van der Waals surface area contributed by atoms with E-state index in [9.17, 15) is 4.79 Å². The van der Waals surface area contributed by atoms with Crippen molar-refractivity contribution in [2.75, 3.05) is 18.6 Å². The number of nitrogens with one attached hydrogen (secondary N) is 1. The van der Waals surface area contributed by atoms with Crippen LogP contribution in [-0.4, -0.2) is 34.0 Å². The molecule has 5 nitrogen and oxygen atoms in total. The van der Waals surface area contributed by atoms with E-state index in [0.717, 1.165) is 16.2 Å². The topological polar surface area (TPSA) is 67.8 Å². The minimum absolute atomic E-state index is 0.0757. The predicted molar refractivity (Wildman–Crippen MR) is 97.9 cm³/mol. The van der Waals surface area contributed by atoms with Gasteiger partial charge in [0.05, 0.1) is 6.20 Å². The van der Waals surface area contributed by atoms with Crippen LogP contribution in [0.4, 0.5) is 5.82 Å². The van der Waals surface area contributed by atoms with Gasteiger partial charge in [-0.15, -0.1) is 11.8 Å². The highest BCUT2D eigenvalue weighted by molar-refractivity contribution is 7.98. The largest absolute Gasteiger partial charge is 0.372 e. The third-order valence-corrected chi connectivity index (χ3v) is 4.59. The lowest BCUT2D eigenvalue weighted by Gasteiger charge is -2.08. The lowest BCUT2D eigenvalue weighted by atomic mass is 10.0. The van der Waals surface area contributed by atoms with E-state index in [0.29, 0.717) is 29.0 Å². The van der Waals surface area contributed by atoms with E-state index in [1.165, 1.54) is 0 Å². The van der Waals surface area contributed by atoms with Gasteiger partial charge in [0.1, 0.15) is 11.3 Å². The predicted octanol–water partition coefficient (Wildman–Crippen LogP) is 3.52. The fraction of sp³-hybridized carbons (Fsp3) is 0.222. The summed E-state index contributed by atoms with van der Waals surface area (Å²) in [6.45, 7) is 1.90. The normalized spacial score (nSPS) is 10.8. The Labute approximate surface area is 144 Å². The summed E-state index contributed by atoms with van der Waals surface area (Å²) in [6.07, 6.45) is 3.98. The molecule has 0 spiro atoms. The molecule has 0 atom stereocenters. The summed E-state index contributed by atoms with van der Waals surface area (Å²) in [5.41, 5.74) is 3.68. The number of hydrogen-bond donors (Lipinski definition) is 1. The maximum absolute atomic E-state index is 12.5. The molecule has 1 aromatic carbocycles. The van der Waals surface area contributed by atoms with E-state index in [1.54, 1.807) is 25.0 Å². The van der Waals surface area contributed by atoms with Gasteiger partial charge >= 0.3 is 0 Å². The Hall–Kier alpha value is -2.47. The van der Waals surface area contributed by atoms with Gasteiger partial charge in [0.2, 0.25) is 0 Å². The molecule has 3 aromatic rings. The van der Waals surface area contributed by atoms with E-state index >= 15 is 0 Å². The van der Waals surface area contributed by atoms with Crippen molar-refractivity contribution in [3.63, 3.8) is 0 Å². The molecule has 0 saturated heterocycles. The molecular weight excluding hydrogens is 320 g/mol. The summed E-state index contributed by atoms with van der Waals surface area (Å²) in [5, 5.41) is 2.95. The third kappa shape index (κ3) is 3.38. The number of rotatable bonds is 5. The molecule has 2 aromatic heterocycles. The average Bonchev–Trinajstić information content (AvgIpc) is 2.62. The maximum Gasteiger partial charge on any atom is 0.180 e. The van der Waals surface area contributed by atoms with Crippen LogP contribution in [0.5, 0.6) is 0 Å². The number of nitrogens with zero attached hydrogens (tertiary/aromatic N) is 3. The van der Waals surface area contributed by atoms with Crippen molar-refractivity contribution in [3.8, 4) is 0 Å². The fourth-order valence-corrected chi connectivity index (χ4v) is 2.83. The third-order valence-electron chi connectivity index (χ3n) is 3.85. The van der Waals surface area contributed by atoms with Crippen molar-refractivity contribution in [1.29, 1.82) is 0 Å². The second kappa shape index (κ2) is 6.97. The molecule has 1 N–H and O–H groups in total. The van der Waals surface area contributed by atoms with Gasteiger partial charge in [0.25, 0.3) is 0 Å². The van der Waals surface area contributed by atoms with Crippen molar-refractivity contribution >= 4 is 34.5 Å². The van der Waals surface area contributed by atoms with Crippen molar-refractivity contribution in [3.05, 3.63) is 53.3 Å². The first-order chi connectivity index (χ1) is 11.6. The number of fused-ring (bicyclic) bond motifs is 1. The Morgan fingerprint density at radius 3 is 2.62 bits per heavy atom. The first-order valence-electron chi connectivity index (χ1n) is 7.59. The maximum atomic E-state index is 12.5. The van der Waals surface area contributed by atoms with Crippen LogP contribution >= 0.6 is 11.8 Å². The second-order valence-electron chi connectivity index (χ2n) is 5.41. The summed E-state index contributed by atoms with van der Waals surface area (Å²) < 4.78 is 0. The van der Waals surface area contributed by atoms with Gasteiger partial charge in [-0.1, -0.05) is 12.1 Å². The summed E-state index contributed by atoms with van der Waals surface area (Å²) in [7, 11) is 1.79. The van der Waals surface area contributed by atoms with Crippen LogP contribution in [0.25, 0.3) is 11.2 Å². The van der Waals surface area contributed by atoms with Gasteiger partial charge in [0.15, 0.2) is 11.4 Å². The zero-order valence-electron chi connectivity index (χ0n) is 13.8. The van der Waals surface area contributed by atoms with Crippen LogP contribution in [0.15, 0.2) is 41.4 Å². The van der Waals surface area contributed by atoms with Crippen molar-refractivity contribution in [2.45, 2.75) is 18.2 Å². The van der Waals surface area contributed by atoms with Crippen LogP contribution in [0.2, 0.25) is 0 Å². The number of hydrogen-bond acceptors (Lipinski definition) is 6. The molecule has 0 radical (unpaired) electrons. The number of benzene rings is 1. The zero-order valence-corrected chi connectivity index (χ0v) is 14.6. The highest BCUT2D eigenvalue weighted by atomic mass is 32.2. The van der Waals surface area contributed by atoms with Crippen LogP contribution in [0.3, 0.4) is 0 Å². The Balaban J connectivity index is 1.88. The molecule has 3 rings (SSSR count). The van der Waals surface area contributed by atoms with Gasteiger partial charge in [-0.3, -0.25) is 4.79 Å². The van der Waals surface area contributed by atoms with E-state index in [-0.39, 0.29) is 5.78 Å². The van der Waals surface area contributed by atoms with Crippen LogP contribution in [0, 0.1) is 6.92 Å². The van der Waals surface area contributed by atoms with Crippen molar-refractivity contribution in [2.24, 2.45) is 0 Å². The number of thioether (sulfide) groups is 1. The molecule has 122 valence electrons. The number of carbonyl (C=O) groups excluding carboxylic acids is 1. The highest BCUT2D eigenvalue weighted by Crippen LogP contribution is 2.19. The molecule has 0 unspecified atom stereocenters. The second-order valence-corrected chi connectivity index (χ2v) is 6.29. The Bertz CT molecular complexity index is 893. The van der Waals surface area contributed by atoms with E-state index in [2.05, 4.69) is 20.3 Å². The number of pyridine rings is 1. The number of aromatic nitrogens is 3. The summed E-state index contributed by atoms with van der Waals surface area (Å²) in [4.78, 5) is 26.9. The number of Topliss-reactive ketones (excluding diaryl/α,β-unsaturated/α-hetero) is 1. The lowest BCUT2D eigenvalue weighted by molar-refractivity contribution is 0.0992. The van der Waals surface area contributed by atoms with E-state index in [1.807, 2.05) is 43.5 Å². The zero-order chi connectivity index (χ0) is 17.1. The number of carbonyl (C=O) groups is 1. The number of anilines is 1. The van der Waals surface area contributed by atoms with Crippen molar-refractivity contribution in [1.82, 2.24) is 15.0 Å². The number of ketones is 1. The molecule has 0 amide bonds. The standard InChI is InChI=1S/C18H18N4OS/c1-11-13(8-15-18(21-11)22-17(19-2)10-20-15)9-16(23)12-4-6-14(24-3)7-5-12/h4-8,10H,9H2,1-3H3,(H,19,21,22). The Morgan fingerprint density at radius 2 is 1.96 bits per heavy atom. The Kier molecular flexibility index (Phi) is 4.76. The highest BCUT2D eigenvalue weighted by Gasteiger charge is 2.12. The summed E-state index contributed by atoms with van der Waals surface area (Å²) in [5.74, 6) is 0.749. The van der Waals surface area contributed by atoms with Gasteiger partial charge in [-0.05, 0) is 36.9 Å². The van der Waals surface area contributed by atoms with Crippen LogP contribution < -0.4 is 5.32 Å². The smallest absolute Gasteiger partial charge is 0.180 e. The molecule has 24 heavy (non-hydrogen) atoms. The van der Waals surface area contributed by atoms with Crippen LogP contribution in [-0.2, 0) is 6.42 Å². The SMILES string of the molecule is CNc1cnc2cc(CC(=O)c3ccc(SC)cc3)c(C)nc2n1. The Morgan fingerprint density at radius 1 is 1.21 bits per heavy atom. The minimum Gasteiger partial charge on any atom is -0.372 e. The monoisotopic (exact) mass is 338 g/mol. The van der Waals surface area contributed by atoms with Crippen LogP contribution in [0.1, 0.15) is 21.6 Å². The molecule has 2 heterocycles. The first-order valence-corrected chi connectivity index (χ1v) is 8.81. The molecule has 6 heteroatoms. The first kappa shape index (κ1) is 16.4. The fourth-order valence-electron chi connectivity index (χ4n) is 2.42. The van der Waals surface area contributed by atoms with Gasteiger partial charge in [0, 0.05) is 29.6 Å². The van der Waals surface area contributed by atoms with Gasteiger partial charge < -0.3 is 5.32 Å². The molecular formula is C18H18N4OS. The minimum atomic E-state index is 0.0757. The molecule has 0 fully saturated rings. The summed E-state index contributed by atoms with van der Waals surface area (Å²) in [6, 6.07) is 9.58. The molecule has 0 bridgehead atoms. The molecule has 0 aliphatic rings. The molecule has 0 saturated carbocycles. The van der Waals surface area contributed by atoms with E-state index < -0.39 is 0 Å². The van der Waals surface area contributed by atoms with Crippen molar-refractivity contribution < 1.29 is 4.79 Å². The quantitative estimate of drug-likeness (QED) is 0.567.